The molecule has 0 aliphatic carbocycles. The first kappa shape index (κ1) is 19.5. The van der Waals surface area contributed by atoms with Gasteiger partial charge in [0.2, 0.25) is 5.91 Å². The first-order valence-corrected chi connectivity index (χ1v) is 7.72. The molecule has 0 unspecified atom stereocenters. The van der Waals surface area contributed by atoms with Crippen molar-refractivity contribution in [2.24, 2.45) is 11.3 Å². The number of hydrogen-bond donors (Lipinski definition) is 3. The summed E-state index contributed by atoms with van der Waals surface area (Å²) >= 11 is 0. The van der Waals surface area contributed by atoms with Gasteiger partial charge in [0.05, 0.1) is 0 Å². The zero-order valence-corrected chi connectivity index (χ0v) is 14.8. The summed E-state index contributed by atoms with van der Waals surface area (Å²) in [5, 5.41) is 9.02. The maximum Gasteiger partial charge on any atom is 0.251 e. The smallest absolute Gasteiger partial charge is 0.251 e. The first-order chi connectivity index (χ1) is 10.4. The van der Waals surface area contributed by atoms with E-state index in [-0.39, 0.29) is 24.2 Å². The number of amides is 2. The second kappa shape index (κ2) is 8.31. The minimum Gasteiger partial charge on any atom is -0.352 e. The lowest BCUT2D eigenvalue weighted by atomic mass is 9.95. The van der Waals surface area contributed by atoms with E-state index in [0.29, 0.717) is 18.0 Å². The fourth-order valence-electron chi connectivity index (χ4n) is 2.05. The summed E-state index contributed by atoms with van der Waals surface area (Å²) < 4.78 is 0. The molecule has 23 heavy (non-hydrogen) atoms. The molecule has 1 saturated heterocycles. The number of benzene rings is 1. The van der Waals surface area contributed by atoms with Crippen LogP contribution in [0.25, 0.3) is 0 Å². The van der Waals surface area contributed by atoms with E-state index in [4.69, 9.17) is 0 Å². The van der Waals surface area contributed by atoms with Gasteiger partial charge < -0.3 is 16.0 Å². The van der Waals surface area contributed by atoms with E-state index in [9.17, 15) is 9.59 Å². The molecular formula is C17H26ClN3O2. The number of hydrogen-bond acceptors (Lipinski definition) is 3. The molecule has 1 aromatic carbocycles. The predicted molar refractivity (Wildman–Crippen MR) is 93.7 cm³/mol. The molecule has 0 radical (unpaired) electrons. The minimum atomic E-state index is -0.393. The molecule has 1 aromatic rings. The number of carbonyl (C=O) groups is 2. The van der Waals surface area contributed by atoms with E-state index in [1.165, 1.54) is 0 Å². The van der Waals surface area contributed by atoms with Crippen molar-refractivity contribution in [1.29, 1.82) is 0 Å². The molecule has 1 heterocycles. The normalized spacial score (nSPS) is 14.4. The van der Waals surface area contributed by atoms with Crippen LogP contribution in [-0.2, 0) is 11.3 Å². The van der Waals surface area contributed by atoms with Gasteiger partial charge in [-0.1, -0.05) is 32.9 Å². The van der Waals surface area contributed by atoms with Crippen LogP contribution in [0.5, 0.6) is 0 Å². The van der Waals surface area contributed by atoms with Crippen molar-refractivity contribution in [1.82, 2.24) is 16.0 Å². The van der Waals surface area contributed by atoms with Gasteiger partial charge in [-0.15, -0.1) is 12.4 Å². The summed E-state index contributed by atoms with van der Waals surface area (Å²) in [5.74, 6) is 0.524. The lowest BCUT2D eigenvalue weighted by Crippen LogP contribution is -2.48. The van der Waals surface area contributed by atoms with Crippen LogP contribution < -0.4 is 16.0 Å². The molecule has 0 bridgehead atoms. The number of rotatable bonds is 5. The van der Waals surface area contributed by atoms with E-state index < -0.39 is 5.41 Å². The molecule has 2 rings (SSSR count). The van der Waals surface area contributed by atoms with Gasteiger partial charge in [-0.3, -0.25) is 9.59 Å². The van der Waals surface area contributed by atoms with Crippen molar-refractivity contribution in [3.8, 4) is 0 Å². The van der Waals surface area contributed by atoms with E-state index in [0.717, 1.165) is 25.2 Å². The maximum absolute atomic E-state index is 12.0. The van der Waals surface area contributed by atoms with Crippen LogP contribution in [0.4, 0.5) is 0 Å². The average molecular weight is 340 g/mol. The summed E-state index contributed by atoms with van der Waals surface area (Å²) in [4.78, 5) is 23.8. The zero-order valence-electron chi connectivity index (χ0n) is 13.9. The molecular weight excluding hydrogens is 314 g/mol. The highest BCUT2D eigenvalue weighted by Crippen LogP contribution is 2.13. The Hall–Kier alpha value is -1.59. The Labute approximate surface area is 144 Å². The monoisotopic (exact) mass is 339 g/mol. The topological polar surface area (TPSA) is 70.2 Å². The summed E-state index contributed by atoms with van der Waals surface area (Å²) in [6.45, 7) is 8.80. The third kappa shape index (κ3) is 5.84. The molecule has 0 saturated carbocycles. The van der Waals surface area contributed by atoms with Gasteiger partial charge in [0, 0.05) is 43.1 Å². The SMILES string of the molecule is CC(C)(C)C(=O)NCc1ccc(C(=O)NCC2CNC2)cc1.Cl. The second-order valence-corrected chi connectivity index (χ2v) is 6.86. The lowest BCUT2D eigenvalue weighted by Gasteiger charge is -2.27. The highest BCUT2D eigenvalue weighted by Gasteiger charge is 2.20. The number of carbonyl (C=O) groups excluding carboxylic acids is 2. The van der Waals surface area contributed by atoms with Gasteiger partial charge in [0.15, 0.2) is 0 Å². The van der Waals surface area contributed by atoms with Gasteiger partial charge in [-0.25, -0.2) is 0 Å². The molecule has 6 heteroatoms. The van der Waals surface area contributed by atoms with Crippen molar-refractivity contribution in [3.63, 3.8) is 0 Å². The van der Waals surface area contributed by atoms with Crippen LogP contribution in [0, 0.1) is 11.3 Å². The highest BCUT2D eigenvalue weighted by atomic mass is 35.5. The molecule has 0 spiro atoms. The fourth-order valence-corrected chi connectivity index (χ4v) is 2.05. The van der Waals surface area contributed by atoms with E-state index in [1.54, 1.807) is 12.1 Å². The van der Waals surface area contributed by atoms with Gasteiger partial charge in [-0.2, -0.15) is 0 Å². The summed E-state index contributed by atoms with van der Waals surface area (Å²) in [6.07, 6.45) is 0. The van der Waals surface area contributed by atoms with Gasteiger partial charge >= 0.3 is 0 Å². The Kier molecular flexibility index (Phi) is 7.03. The second-order valence-electron chi connectivity index (χ2n) is 6.86. The Morgan fingerprint density at radius 3 is 2.22 bits per heavy atom. The Balaban J connectivity index is 0.00000264. The summed E-state index contributed by atoms with van der Waals surface area (Å²) in [6, 6.07) is 7.35. The van der Waals surface area contributed by atoms with E-state index in [1.807, 2.05) is 32.9 Å². The van der Waals surface area contributed by atoms with Crippen LogP contribution in [-0.4, -0.2) is 31.4 Å². The molecule has 3 N–H and O–H groups in total. The van der Waals surface area contributed by atoms with Crippen molar-refractivity contribution in [2.75, 3.05) is 19.6 Å². The molecule has 5 nitrogen and oxygen atoms in total. The van der Waals surface area contributed by atoms with Crippen LogP contribution >= 0.6 is 12.4 Å². The minimum absolute atomic E-state index is 0. The van der Waals surface area contributed by atoms with E-state index >= 15 is 0 Å². The number of nitrogens with one attached hydrogen (secondary N) is 3. The third-order valence-electron chi connectivity index (χ3n) is 3.77. The summed E-state index contributed by atoms with van der Waals surface area (Å²) in [7, 11) is 0. The highest BCUT2D eigenvalue weighted by molar-refractivity contribution is 5.94. The molecule has 0 aromatic heterocycles. The predicted octanol–water partition coefficient (Wildman–Crippen LogP) is 1.72. The van der Waals surface area contributed by atoms with Crippen molar-refractivity contribution < 1.29 is 9.59 Å². The average Bonchev–Trinajstić information content (AvgIpc) is 2.42. The van der Waals surface area contributed by atoms with Crippen molar-refractivity contribution in [3.05, 3.63) is 35.4 Å². The molecule has 128 valence electrons. The Bertz CT molecular complexity index is 534. The standard InChI is InChI=1S/C17H25N3O2.ClH/c1-17(2,3)16(22)20-10-12-4-6-14(7-5-12)15(21)19-11-13-8-18-9-13;/h4-7,13,18H,8-11H2,1-3H3,(H,19,21)(H,20,22);1H. The molecule has 1 aliphatic heterocycles. The lowest BCUT2D eigenvalue weighted by molar-refractivity contribution is -0.128. The van der Waals surface area contributed by atoms with Gasteiger partial charge in [-0.05, 0) is 17.7 Å². The van der Waals surface area contributed by atoms with Crippen molar-refractivity contribution in [2.45, 2.75) is 27.3 Å². The summed E-state index contributed by atoms with van der Waals surface area (Å²) in [5.41, 5.74) is 1.24. The quantitative estimate of drug-likeness (QED) is 0.765. The molecule has 2 amide bonds. The van der Waals surface area contributed by atoms with Gasteiger partial charge in [0.25, 0.3) is 5.91 Å². The molecule has 1 aliphatic rings. The van der Waals surface area contributed by atoms with Crippen LogP contribution in [0.15, 0.2) is 24.3 Å². The largest absolute Gasteiger partial charge is 0.352 e. The Morgan fingerprint density at radius 2 is 1.74 bits per heavy atom. The third-order valence-corrected chi connectivity index (χ3v) is 3.77. The van der Waals surface area contributed by atoms with Crippen LogP contribution in [0.1, 0.15) is 36.7 Å². The maximum atomic E-state index is 12.0. The van der Waals surface area contributed by atoms with Crippen LogP contribution in [0.3, 0.4) is 0 Å². The Morgan fingerprint density at radius 1 is 1.13 bits per heavy atom. The van der Waals surface area contributed by atoms with Crippen LogP contribution in [0.2, 0.25) is 0 Å². The fraction of sp³-hybridized carbons (Fsp3) is 0.529. The number of halogens is 1. The zero-order chi connectivity index (χ0) is 16.2. The molecule has 1 fully saturated rings. The first-order valence-electron chi connectivity index (χ1n) is 7.72. The van der Waals surface area contributed by atoms with E-state index in [2.05, 4.69) is 16.0 Å². The van der Waals surface area contributed by atoms with Crippen molar-refractivity contribution >= 4 is 24.2 Å². The molecule has 0 atom stereocenters. The van der Waals surface area contributed by atoms with Gasteiger partial charge in [0.1, 0.15) is 0 Å².